The summed E-state index contributed by atoms with van der Waals surface area (Å²) in [6, 6.07) is 16.2. The van der Waals surface area contributed by atoms with Crippen molar-refractivity contribution in [3.63, 3.8) is 0 Å². The third kappa shape index (κ3) is 5.47. The van der Waals surface area contributed by atoms with E-state index >= 15 is 0 Å². The summed E-state index contributed by atoms with van der Waals surface area (Å²) >= 11 is 0. The number of benzene rings is 2. The number of fused-ring (bicyclic) bond motifs is 2. The van der Waals surface area contributed by atoms with Gasteiger partial charge in [0.25, 0.3) is 0 Å². The normalized spacial score (nSPS) is 19.4. The predicted molar refractivity (Wildman–Crippen MR) is 141 cm³/mol. The summed E-state index contributed by atoms with van der Waals surface area (Å²) in [5, 5.41) is 7.46. The average Bonchev–Trinajstić information content (AvgIpc) is 3.32. The maximum Gasteiger partial charge on any atom is 0.355 e. The van der Waals surface area contributed by atoms with Crippen LogP contribution in [0.5, 0.6) is 5.75 Å². The molecule has 1 N–H and O–H groups in total. The Hall–Kier alpha value is -3.43. The highest BCUT2D eigenvalue weighted by Gasteiger charge is 2.36. The number of rotatable bonds is 9. The Morgan fingerprint density at radius 1 is 1.11 bits per heavy atom. The fourth-order valence-corrected chi connectivity index (χ4v) is 5.36. The van der Waals surface area contributed by atoms with Crippen molar-refractivity contribution < 1.29 is 14.3 Å². The maximum absolute atomic E-state index is 13.6. The van der Waals surface area contributed by atoms with Gasteiger partial charge < -0.3 is 14.8 Å². The Bertz CT molecular complexity index is 1280. The Kier molecular flexibility index (Phi) is 7.43. The first-order valence-electron chi connectivity index (χ1n) is 13.0. The lowest BCUT2D eigenvalue weighted by atomic mass is 10.1. The summed E-state index contributed by atoms with van der Waals surface area (Å²) < 4.78 is 13.9. The second kappa shape index (κ2) is 10.9. The largest absolute Gasteiger partial charge is 0.497 e. The number of hydrogen-bond acceptors (Lipinski definition) is 6. The topological polar surface area (TPSA) is 90.6 Å². The van der Waals surface area contributed by atoms with Crippen LogP contribution in [0, 0.1) is 0 Å². The molecular formula is C28H35N5O4. The lowest BCUT2D eigenvalue weighted by Crippen LogP contribution is -2.46. The molecule has 2 aliphatic heterocycles. The molecule has 0 saturated carbocycles. The molecule has 2 bridgehead atoms. The number of hydrogen-bond donors (Lipinski definition) is 1. The van der Waals surface area contributed by atoms with E-state index in [2.05, 4.69) is 27.4 Å². The van der Waals surface area contributed by atoms with Crippen LogP contribution in [-0.2, 0) is 22.4 Å². The molecule has 3 heterocycles. The molecule has 9 heteroatoms. The lowest BCUT2D eigenvalue weighted by molar-refractivity contribution is -0.121. The number of ether oxygens (including phenoxy) is 2. The predicted octanol–water partition coefficient (Wildman–Crippen LogP) is 2.50. The zero-order chi connectivity index (χ0) is 25.9. The van der Waals surface area contributed by atoms with Crippen LogP contribution in [0.15, 0.2) is 53.3 Å². The molecule has 3 aromatic rings. The minimum Gasteiger partial charge on any atom is -0.497 e. The van der Waals surface area contributed by atoms with E-state index < -0.39 is 0 Å². The summed E-state index contributed by atoms with van der Waals surface area (Å²) in [7, 11) is 1.58. The number of aromatic nitrogens is 3. The standard InChI is InChI=1S/C28H35N5O4/c1-19(2)29-27(34)16-26-30-33(28(35)32(26)22-5-4-6-25(15-22)36-3)21-9-7-20(8-10-21)13-14-31-23-11-12-24(31)18-37-17-23/h4-10,15,19,23-24H,11-14,16-18H2,1-3H3,(H,29,34). The summed E-state index contributed by atoms with van der Waals surface area (Å²) in [6.07, 6.45) is 3.37. The van der Waals surface area contributed by atoms with Crippen LogP contribution in [0.1, 0.15) is 38.1 Å². The van der Waals surface area contributed by atoms with Gasteiger partial charge in [0.1, 0.15) is 11.6 Å². The lowest BCUT2D eigenvalue weighted by Gasteiger charge is -2.34. The van der Waals surface area contributed by atoms with Gasteiger partial charge in [0.05, 0.1) is 38.1 Å². The van der Waals surface area contributed by atoms with Crippen LogP contribution in [0.4, 0.5) is 0 Å². The Morgan fingerprint density at radius 3 is 2.51 bits per heavy atom. The van der Waals surface area contributed by atoms with Gasteiger partial charge in [0, 0.05) is 30.7 Å². The van der Waals surface area contributed by atoms with E-state index in [9.17, 15) is 9.59 Å². The van der Waals surface area contributed by atoms with Crippen LogP contribution in [-0.4, -0.2) is 70.1 Å². The Balaban J connectivity index is 1.40. The number of morpholine rings is 1. The molecule has 2 atom stereocenters. The third-order valence-electron chi connectivity index (χ3n) is 7.16. The van der Waals surface area contributed by atoms with Gasteiger partial charge in [-0.3, -0.25) is 9.69 Å². The fourth-order valence-electron chi connectivity index (χ4n) is 5.36. The second-order valence-electron chi connectivity index (χ2n) is 10.1. The number of methoxy groups -OCH3 is 1. The van der Waals surface area contributed by atoms with Crippen molar-refractivity contribution in [1.29, 1.82) is 0 Å². The van der Waals surface area contributed by atoms with Crippen molar-refractivity contribution in [1.82, 2.24) is 24.6 Å². The number of carbonyl (C=O) groups is 1. The number of nitrogens with zero attached hydrogens (tertiary/aromatic N) is 4. The zero-order valence-corrected chi connectivity index (χ0v) is 21.7. The second-order valence-corrected chi connectivity index (χ2v) is 10.1. The summed E-state index contributed by atoms with van der Waals surface area (Å²) in [5.41, 5.74) is 2.14. The van der Waals surface area contributed by atoms with Crippen LogP contribution in [0.25, 0.3) is 11.4 Å². The highest BCUT2D eigenvalue weighted by Crippen LogP contribution is 2.28. The van der Waals surface area contributed by atoms with Gasteiger partial charge in [-0.25, -0.2) is 9.36 Å². The number of carbonyl (C=O) groups excluding carboxylic acids is 1. The summed E-state index contributed by atoms with van der Waals surface area (Å²) in [6.45, 7) is 6.49. The van der Waals surface area contributed by atoms with Crippen molar-refractivity contribution in [3.8, 4) is 17.1 Å². The van der Waals surface area contributed by atoms with E-state index in [4.69, 9.17) is 9.47 Å². The molecule has 2 saturated heterocycles. The van der Waals surface area contributed by atoms with Gasteiger partial charge in [0.2, 0.25) is 5.91 Å². The van der Waals surface area contributed by atoms with Crippen molar-refractivity contribution >= 4 is 5.91 Å². The van der Waals surface area contributed by atoms with E-state index in [0.717, 1.165) is 26.2 Å². The maximum atomic E-state index is 13.6. The minimum atomic E-state index is -0.335. The van der Waals surface area contributed by atoms with Crippen LogP contribution < -0.4 is 15.7 Å². The van der Waals surface area contributed by atoms with Crippen molar-refractivity contribution in [2.45, 2.75) is 57.7 Å². The molecule has 5 rings (SSSR count). The molecule has 2 aliphatic rings. The van der Waals surface area contributed by atoms with Crippen LogP contribution in [0.3, 0.4) is 0 Å². The number of nitrogens with one attached hydrogen (secondary N) is 1. The first kappa shape index (κ1) is 25.2. The molecule has 9 nitrogen and oxygen atoms in total. The first-order valence-corrected chi connectivity index (χ1v) is 13.0. The van der Waals surface area contributed by atoms with E-state index in [0.29, 0.717) is 35.0 Å². The van der Waals surface area contributed by atoms with Crippen molar-refractivity contribution in [2.75, 3.05) is 26.9 Å². The molecule has 0 radical (unpaired) electrons. The van der Waals surface area contributed by atoms with E-state index in [1.807, 2.05) is 44.2 Å². The van der Waals surface area contributed by atoms with Crippen LogP contribution >= 0.6 is 0 Å². The summed E-state index contributed by atoms with van der Waals surface area (Å²) in [4.78, 5) is 28.7. The zero-order valence-electron chi connectivity index (χ0n) is 21.7. The fraction of sp³-hybridized carbons (Fsp3) is 0.464. The highest BCUT2D eigenvalue weighted by molar-refractivity contribution is 5.78. The molecule has 1 amide bonds. The van der Waals surface area contributed by atoms with E-state index in [1.54, 1.807) is 13.2 Å². The van der Waals surface area contributed by atoms with Gasteiger partial charge in [-0.15, -0.1) is 5.10 Å². The molecule has 2 aromatic carbocycles. The minimum absolute atomic E-state index is 0.00761. The van der Waals surface area contributed by atoms with Gasteiger partial charge in [-0.2, -0.15) is 4.68 Å². The SMILES string of the molecule is COc1cccc(-n2c(CC(=O)NC(C)C)nn(-c3ccc(CCN4C5CCC4COC5)cc3)c2=O)c1. The molecule has 0 aliphatic carbocycles. The van der Waals surface area contributed by atoms with Crippen molar-refractivity contribution in [2.24, 2.45) is 0 Å². The number of amides is 1. The Labute approximate surface area is 217 Å². The smallest absolute Gasteiger partial charge is 0.355 e. The van der Waals surface area contributed by atoms with Crippen molar-refractivity contribution in [3.05, 3.63) is 70.4 Å². The monoisotopic (exact) mass is 505 g/mol. The molecule has 1 aromatic heterocycles. The molecule has 0 spiro atoms. The molecule has 37 heavy (non-hydrogen) atoms. The first-order chi connectivity index (χ1) is 17.9. The molecular weight excluding hydrogens is 470 g/mol. The van der Waals surface area contributed by atoms with E-state index in [1.165, 1.54) is 27.7 Å². The molecule has 2 fully saturated rings. The molecule has 196 valence electrons. The summed E-state index contributed by atoms with van der Waals surface area (Å²) in [5.74, 6) is 0.791. The highest BCUT2D eigenvalue weighted by atomic mass is 16.5. The van der Waals surface area contributed by atoms with Gasteiger partial charge in [-0.1, -0.05) is 18.2 Å². The van der Waals surface area contributed by atoms with Gasteiger partial charge in [0.15, 0.2) is 0 Å². The molecule has 2 unspecified atom stereocenters. The quantitative estimate of drug-likeness (QED) is 0.481. The van der Waals surface area contributed by atoms with E-state index in [-0.39, 0.29) is 24.1 Å². The Morgan fingerprint density at radius 2 is 1.84 bits per heavy atom. The van der Waals surface area contributed by atoms with Crippen LogP contribution in [0.2, 0.25) is 0 Å². The average molecular weight is 506 g/mol. The van der Waals surface area contributed by atoms with Gasteiger partial charge >= 0.3 is 5.69 Å². The third-order valence-corrected chi connectivity index (χ3v) is 7.16. The van der Waals surface area contributed by atoms with Gasteiger partial charge in [-0.05, 0) is 62.9 Å².